The van der Waals surface area contributed by atoms with Gasteiger partial charge in [-0.1, -0.05) is 0 Å². The van der Waals surface area contributed by atoms with Crippen LogP contribution >= 0.6 is 0 Å². The van der Waals surface area contributed by atoms with Crippen molar-refractivity contribution in [1.82, 2.24) is 0 Å². The lowest BCUT2D eigenvalue weighted by Gasteiger charge is -2.25. The van der Waals surface area contributed by atoms with Crippen LogP contribution in [0, 0.1) is 34.0 Å². The number of nitriles is 3. The van der Waals surface area contributed by atoms with Gasteiger partial charge in [0.25, 0.3) is 0 Å². The van der Waals surface area contributed by atoms with Crippen LogP contribution in [-0.4, -0.2) is 53.3 Å². The van der Waals surface area contributed by atoms with Gasteiger partial charge in [0.2, 0.25) is 0 Å². The summed E-state index contributed by atoms with van der Waals surface area (Å²) >= 11 is 0. The number of ether oxygens (including phenoxy) is 2. The molecule has 9 heteroatoms. The second-order valence-corrected chi connectivity index (χ2v) is 6.81. The summed E-state index contributed by atoms with van der Waals surface area (Å²) in [5.74, 6) is -1.59. The molecule has 1 aromatic rings. The van der Waals surface area contributed by atoms with Crippen molar-refractivity contribution in [3.05, 3.63) is 33.9 Å². The van der Waals surface area contributed by atoms with Gasteiger partial charge in [0, 0.05) is 39.3 Å². The molecule has 166 valence electrons. The molecule has 9 nitrogen and oxygen atoms in total. The minimum Gasteiger partial charge on any atom is -0.462 e. The van der Waals surface area contributed by atoms with Crippen molar-refractivity contribution in [3.8, 4) is 18.2 Å². The maximum atomic E-state index is 12.1. The number of nitrogens with zero attached hydrogens (tertiary/aromatic N) is 5. The van der Waals surface area contributed by atoms with Crippen molar-refractivity contribution in [2.45, 2.75) is 13.8 Å². The Hall–Kier alpha value is -4.29. The van der Waals surface area contributed by atoms with Crippen LogP contribution in [0.4, 0.5) is 11.4 Å². The Morgan fingerprint density at radius 3 is 1.47 bits per heavy atom. The molecule has 1 aromatic carbocycles. The van der Waals surface area contributed by atoms with Gasteiger partial charge in [-0.2, -0.15) is 15.8 Å². The number of rotatable bonds is 8. The van der Waals surface area contributed by atoms with E-state index < -0.39 is 11.9 Å². The molecule has 0 unspecified atom stereocenters. The highest BCUT2D eigenvalue weighted by Crippen LogP contribution is 2.37. The highest BCUT2D eigenvalue weighted by molar-refractivity contribution is 6.02. The molecule has 0 aliphatic heterocycles. The van der Waals surface area contributed by atoms with Crippen LogP contribution in [-0.2, 0) is 19.1 Å². The van der Waals surface area contributed by atoms with Gasteiger partial charge in [-0.05, 0) is 32.1 Å². The molecule has 0 aromatic heterocycles. The molecule has 0 bridgehead atoms. The van der Waals surface area contributed by atoms with Gasteiger partial charge in [0.15, 0.2) is 0 Å². The first-order valence-corrected chi connectivity index (χ1v) is 9.70. The maximum absolute atomic E-state index is 12.1. The Bertz CT molecular complexity index is 1000. The number of hydrogen-bond donors (Lipinski definition) is 0. The van der Waals surface area contributed by atoms with Crippen LogP contribution < -0.4 is 9.80 Å². The van der Waals surface area contributed by atoms with E-state index in [1.165, 1.54) is 12.2 Å². The van der Waals surface area contributed by atoms with Crippen molar-refractivity contribution < 1.29 is 19.1 Å². The first-order chi connectivity index (χ1) is 15.2. The van der Waals surface area contributed by atoms with Gasteiger partial charge in [-0.3, -0.25) is 0 Å². The van der Waals surface area contributed by atoms with Gasteiger partial charge < -0.3 is 19.3 Å². The van der Waals surface area contributed by atoms with Gasteiger partial charge in [-0.15, -0.1) is 0 Å². The molecular formula is C23H25N5O4. The molecule has 0 heterocycles. The summed E-state index contributed by atoms with van der Waals surface area (Å²) < 4.78 is 9.85. The fourth-order valence-corrected chi connectivity index (χ4v) is 3.00. The SMILES string of the molecule is CCOC(=O)/C(C#N)=C/c1cc(/C=C(\C#N)C(=O)OCC)c(N(C)C)c(C#N)c1N(C)C. The van der Waals surface area contributed by atoms with Crippen molar-refractivity contribution >= 4 is 35.5 Å². The van der Waals surface area contributed by atoms with Crippen molar-refractivity contribution in [1.29, 1.82) is 15.8 Å². The quantitative estimate of drug-likeness (QED) is 0.343. The van der Waals surface area contributed by atoms with E-state index in [1.807, 2.05) is 12.1 Å². The van der Waals surface area contributed by atoms with E-state index in [0.717, 1.165) is 0 Å². The van der Waals surface area contributed by atoms with E-state index in [2.05, 4.69) is 6.07 Å². The predicted octanol–water partition coefficient (Wildman–Crippen LogP) is 2.63. The summed E-state index contributed by atoms with van der Waals surface area (Å²) in [5.41, 5.74) is 1.39. The Balaban J connectivity index is 4.05. The molecule has 0 aliphatic rings. The number of hydrogen-bond acceptors (Lipinski definition) is 9. The lowest BCUT2D eigenvalue weighted by Crippen LogP contribution is -2.18. The lowest BCUT2D eigenvalue weighted by molar-refractivity contribution is -0.138. The lowest BCUT2D eigenvalue weighted by atomic mass is 9.96. The maximum Gasteiger partial charge on any atom is 0.348 e. The largest absolute Gasteiger partial charge is 0.462 e. The zero-order valence-electron chi connectivity index (χ0n) is 19.0. The molecule has 1 rings (SSSR count). The molecule has 0 fully saturated rings. The van der Waals surface area contributed by atoms with Crippen LogP contribution in [0.25, 0.3) is 12.2 Å². The van der Waals surface area contributed by atoms with E-state index in [9.17, 15) is 25.4 Å². The molecule has 0 aliphatic carbocycles. The molecule has 0 radical (unpaired) electrons. The molecule has 32 heavy (non-hydrogen) atoms. The molecular weight excluding hydrogens is 410 g/mol. The topological polar surface area (TPSA) is 130 Å². The van der Waals surface area contributed by atoms with Gasteiger partial charge in [-0.25, -0.2) is 9.59 Å². The van der Waals surface area contributed by atoms with Crippen LogP contribution in [0.3, 0.4) is 0 Å². The average molecular weight is 435 g/mol. The van der Waals surface area contributed by atoms with E-state index in [0.29, 0.717) is 22.5 Å². The summed E-state index contributed by atoms with van der Waals surface area (Å²) in [5, 5.41) is 28.8. The Labute approximate surface area is 188 Å². The van der Waals surface area contributed by atoms with Crippen molar-refractivity contribution in [2.24, 2.45) is 0 Å². The Kier molecular flexibility index (Phi) is 9.48. The summed E-state index contributed by atoms with van der Waals surface area (Å²) in [6.07, 6.45) is 2.64. The second-order valence-electron chi connectivity index (χ2n) is 6.81. The summed E-state index contributed by atoms with van der Waals surface area (Å²) in [7, 11) is 6.88. The number of carbonyl (C=O) groups excluding carboxylic acids is 2. The summed E-state index contributed by atoms with van der Waals surface area (Å²) in [6.45, 7) is 3.44. The molecule has 0 amide bonds. The average Bonchev–Trinajstić information content (AvgIpc) is 2.74. The van der Waals surface area contributed by atoms with Crippen molar-refractivity contribution in [3.63, 3.8) is 0 Å². The van der Waals surface area contributed by atoms with Gasteiger partial charge in [0.1, 0.15) is 29.4 Å². The molecule has 0 N–H and O–H groups in total. The third-order valence-electron chi connectivity index (χ3n) is 4.17. The molecule has 0 spiro atoms. The van der Waals surface area contributed by atoms with Crippen LogP contribution in [0.5, 0.6) is 0 Å². The van der Waals surface area contributed by atoms with E-state index in [1.54, 1.807) is 57.9 Å². The first kappa shape index (κ1) is 25.7. The van der Waals surface area contributed by atoms with Crippen molar-refractivity contribution in [2.75, 3.05) is 51.2 Å². The van der Waals surface area contributed by atoms with Crippen LogP contribution in [0.1, 0.15) is 30.5 Å². The third kappa shape index (κ3) is 5.87. The highest BCUT2D eigenvalue weighted by atomic mass is 16.5. The zero-order chi connectivity index (χ0) is 24.4. The zero-order valence-corrected chi connectivity index (χ0v) is 19.0. The molecule has 0 atom stereocenters. The first-order valence-electron chi connectivity index (χ1n) is 9.70. The minimum atomic E-state index is -0.795. The highest BCUT2D eigenvalue weighted by Gasteiger charge is 2.22. The van der Waals surface area contributed by atoms with Crippen LogP contribution in [0.15, 0.2) is 17.2 Å². The van der Waals surface area contributed by atoms with Gasteiger partial charge >= 0.3 is 11.9 Å². The third-order valence-corrected chi connectivity index (χ3v) is 4.17. The number of esters is 2. The van der Waals surface area contributed by atoms with E-state index in [4.69, 9.17) is 9.47 Å². The minimum absolute atomic E-state index is 0.0977. The normalized spacial score (nSPS) is 11.0. The molecule has 0 saturated carbocycles. The molecule has 0 saturated heterocycles. The van der Waals surface area contributed by atoms with E-state index in [-0.39, 0.29) is 29.9 Å². The van der Waals surface area contributed by atoms with Gasteiger partial charge in [0.05, 0.1) is 30.2 Å². The predicted molar refractivity (Wildman–Crippen MR) is 120 cm³/mol. The summed E-state index contributed by atoms with van der Waals surface area (Å²) in [4.78, 5) is 27.7. The Morgan fingerprint density at radius 1 is 0.844 bits per heavy atom. The second kappa shape index (κ2) is 11.8. The number of carbonyl (C=O) groups is 2. The number of anilines is 2. The monoisotopic (exact) mass is 435 g/mol. The fourth-order valence-electron chi connectivity index (χ4n) is 3.00. The summed E-state index contributed by atoms with van der Waals surface area (Å²) in [6, 6.07) is 7.39. The van der Waals surface area contributed by atoms with Crippen LogP contribution in [0.2, 0.25) is 0 Å². The smallest absolute Gasteiger partial charge is 0.348 e. The van der Waals surface area contributed by atoms with E-state index >= 15 is 0 Å². The fraction of sp³-hybridized carbons (Fsp3) is 0.348. The number of benzene rings is 1. The Morgan fingerprint density at radius 2 is 1.22 bits per heavy atom. The standard InChI is InChI=1S/C23H25N5O4/c1-7-31-22(29)17(12-24)10-15-9-16(11-18(13-25)23(30)32-8-2)21(28(5)6)19(14-26)20(15)27(3)4/h9-11H,7-8H2,1-6H3/b17-10+,18-11+.